The van der Waals surface area contributed by atoms with Crippen molar-refractivity contribution in [3.63, 3.8) is 0 Å². The first-order valence-electron chi connectivity index (χ1n) is 4.16. The molecule has 0 N–H and O–H groups in total. The lowest BCUT2D eigenvalue weighted by Gasteiger charge is -2.17. The summed E-state index contributed by atoms with van der Waals surface area (Å²) in [6, 6.07) is 4.37. The number of rotatable bonds is 3. The van der Waals surface area contributed by atoms with Gasteiger partial charge in [-0.2, -0.15) is 0 Å². The summed E-state index contributed by atoms with van der Waals surface area (Å²) in [5, 5.41) is 0.0675. The molecule has 0 fully saturated rings. The fourth-order valence-corrected chi connectivity index (χ4v) is 1.32. The average molecular weight is 216 g/mol. The Bertz CT molecular complexity index is 354. The molecule has 0 amide bonds. The Morgan fingerprint density at radius 3 is 2.71 bits per heavy atom. The molecular formula is C10H11ClFNO. The summed E-state index contributed by atoms with van der Waals surface area (Å²) in [6.07, 6.45) is 0. The molecule has 0 aliphatic carbocycles. The number of benzene rings is 1. The van der Waals surface area contributed by atoms with Crippen LogP contribution in [0, 0.1) is 5.82 Å². The lowest BCUT2D eigenvalue weighted by atomic mass is 10.2. The number of nitrogens with zero attached hydrogens (tertiary/aromatic N) is 1. The monoisotopic (exact) mass is 215 g/mol. The van der Waals surface area contributed by atoms with E-state index in [4.69, 9.17) is 11.6 Å². The SMILES string of the molecule is CC(=O)CN(C)c1ccc(F)c(Cl)c1. The van der Waals surface area contributed by atoms with Crippen molar-refractivity contribution in [2.24, 2.45) is 0 Å². The molecule has 0 aromatic heterocycles. The molecule has 0 spiro atoms. The molecule has 1 aromatic rings. The topological polar surface area (TPSA) is 20.3 Å². The number of carbonyl (C=O) groups is 1. The maximum absolute atomic E-state index is 12.8. The Hall–Kier alpha value is -1.09. The third-order valence-electron chi connectivity index (χ3n) is 1.80. The fourth-order valence-electron chi connectivity index (χ4n) is 1.15. The highest BCUT2D eigenvalue weighted by Gasteiger charge is 2.06. The van der Waals surface area contributed by atoms with Crippen LogP contribution in [0.4, 0.5) is 10.1 Å². The van der Waals surface area contributed by atoms with Crippen molar-refractivity contribution in [2.75, 3.05) is 18.5 Å². The first-order valence-corrected chi connectivity index (χ1v) is 4.54. The molecule has 0 aliphatic rings. The molecule has 76 valence electrons. The molecule has 0 saturated heterocycles. The summed E-state index contributed by atoms with van der Waals surface area (Å²) < 4.78 is 12.8. The smallest absolute Gasteiger partial charge is 0.149 e. The molecular weight excluding hydrogens is 205 g/mol. The van der Waals surface area contributed by atoms with Gasteiger partial charge in [0.25, 0.3) is 0 Å². The van der Waals surface area contributed by atoms with Crippen LogP contribution >= 0.6 is 11.6 Å². The summed E-state index contributed by atoms with van der Waals surface area (Å²) in [5.41, 5.74) is 0.728. The number of carbonyl (C=O) groups excluding carboxylic acids is 1. The van der Waals surface area contributed by atoms with Gasteiger partial charge in [-0.1, -0.05) is 11.6 Å². The van der Waals surface area contributed by atoms with E-state index in [0.29, 0.717) is 6.54 Å². The van der Waals surface area contributed by atoms with E-state index < -0.39 is 5.82 Å². The second-order valence-corrected chi connectivity index (χ2v) is 3.56. The van der Waals surface area contributed by atoms with E-state index in [1.165, 1.54) is 19.1 Å². The van der Waals surface area contributed by atoms with Gasteiger partial charge in [0.05, 0.1) is 11.6 Å². The molecule has 2 nitrogen and oxygen atoms in total. The second-order valence-electron chi connectivity index (χ2n) is 3.16. The van der Waals surface area contributed by atoms with Gasteiger partial charge in [0.1, 0.15) is 11.6 Å². The van der Waals surface area contributed by atoms with Crippen LogP contribution in [0.25, 0.3) is 0 Å². The number of anilines is 1. The van der Waals surface area contributed by atoms with E-state index >= 15 is 0 Å². The number of Topliss-reactive ketones (excluding diaryl/α,β-unsaturated/α-hetero) is 1. The maximum Gasteiger partial charge on any atom is 0.149 e. The third-order valence-corrected chi connectivity index (χ3v) is 2.09. The number of halogens is 2. The molecule has 1 aromatic carbocycles. The maximum atomic E-state index is 12.8. The highest BCUT2D eigenvalue weighted by molar-refractivity contribution is 6.31. The van der Waals surface area contributed by atoms with E-state index in [1.54, 1.807) is 18.0 Å². The van der Waals surface area contributed by atoms with Crippen molar-refractivity contribution in [3.05, 3.63) is 29.0 Å². The minimum absolute atomic E-state index is 0.0490. The van der Waals surface area contributed by atoms with E-state index in [0.717, 1.165) is 5.69 Å². The molecule has 4 heteroatoms. The lowest BCUT2D eigenvalue weighted by molar-refractivity contribution is -0.115. The van der Waals surface area contributed by atoms with Gasteiger partial charge in [-0.3, -0.25) is 4.79 Å². The summed E-state index contributed by atoms with van der Waals surface area (Å²) in [7, 11) is 1.75. The van der Waals surface area contributed by atoms with Crippen LogP contribution in [0.3, 0.4) is 0 Å². The van der Waals surface area contributed by atoms with Crippen molar-refractivity contribution in [2.45, 2.75) is 6.92 Å². The first kappa shape index (κ1) is 11.0. The minimum atomic E-state index is -0.452. The van der Waals surface area contributed by atoms with Crippen LogP contribution in [-0.2, 0) is 4.79 Å². The zero-order valence-corrected chi connectivity index (χ0v) is 8.81. The standard InChI is InChI=1S/C10H11ClFNO/c1-7(14)6-13(2)8-3-4-10(12)9(11)5-8/h3-5H,6H2,1-2H3. The van der Waals surface area contributed by atoms with Crippen molar-refractivity contribution < 1.29 is 9.18 Å². The van der Waals surface area contributed by atoms with Crippen molar-refractivity contribution in [1.29, 1.82) is 0 Å². The fraction of sp³-hybridized carbons (Fsp3) is 0.300. The van der Waals surface area contributed by atoms with Crippen molar-refractivity contribution in [1.82, 2.24) is 0 Å². The van der Waals surface area contributed by atoms with Gasteiger partial charge in [-0.05, 0) is 25.1 Å². The average Bonchev–Trinajstić information content (AvgIpc) is 2.08. The van der Waals surface area contributed by atoms with Crippen molar-refractivity contribution >= 4 is 23.1 Å². The highest BCUT2D eigenvalue weighted by atomic mass is 35.5. The molecule has 0 heterocycles. The number of likely N-dealkylation sites (N-methyl/N-ethyl adjacent to an activating group) is 1. The molecule has 0 aliphatic heterocycles. The quantitative estimate of drug-likeness (QED) is 0.772. The molecule has 1 rings (SSSR count). The Kier molecular flexibility index (Phi) is 3.47. The van der Waals surface area contributed by atoms with Gasteiger partial charge >= 0.3 is 0 Å². The lowest BCUT2D eigenvalue weighted by Crippen LogP contribution is -2.23. The summed E-state index contributed by atoms with van der Waals surface area (Å²) in [4.78, 5) is 12.5. The second kappa shape index (κ2) is 4.42. The van der Waals surface area contributed by atoms with Gasteiger partial charge < -0.3 is 4.90 Å². The molecule has 14 heavy (non-hydrogen) atoms. The van der Waals surface area contributed by atoms with E-state index in [2.05, 4.69) is 0 Å². The Labute approximate surface area is 87.3 Å². The predicted molar refractivity (Wildman–Crippen MR) is 55.4 cm³/mol. The molecule has 0 atom stereocenters. The minimum Gasteiger partial charge on any atom is -0.367 e. The first-order chi connectivity index (χ1) is 6.50. The van der Waals surface area contributed by atoms with E-state index in [1.807, 2.05) is 0 Å². The normalized spacial score (nSPS) is 10.0. The van der Waals surface area contributed by atoms with Crippen LogP contribution in [0.5, 0.6) is 0 Å². The van der Waals surface area contributed by atoms with Crippen LogP contribution in [0.15, 0.2) is 18.2 Å². The molecule has 0 radical (unpaired) electrons. The van der Waals surface area contributed by atoms with Crippen LogP contribution in [0.2, 0.25) is 5.02 Å². The molecule has 0 saturated carbocycles. The van der Waals surface area contributed by atoms with Gasteiger partial charge in [-0.15, -0.1) is 0 Å². The summed E-state index contributed by atoms with van der Waals surface area (Å²) in [5.74, 6) is -0.403. The van der Waals surface area contributed by atoms with E-state index in [9.17, 15) is 9.18 Å². The largest absolute Gasteiger partial charge is 0.367 e. The Balaban J connectivity index is 2.85. The van der Waals surface area contributed by atoms with Gasteiger partial charge in [0.2, 0.25) is 0 Å². The molecule has 0 bridgehead atoms. The van der Waals surface area contributed by atoms with Crippen LogP contribution in [0.1, 0.15) is 6.92 Å². The third kappa shape index (κ3) is 2.70. The van der Waals surface area contributed by atoms with Gasteiger partial charge in [0, 0.05) is 12.7 Å². The van der Waals surface area contributed by atoms with Gasteiger partial charge in [-0.25, -0.2) is 4.39 Å². The zero-order valence-electron chi connectivity index (χ0n) is 8.05. The van der Waals surface area contributed by atoms with Crippen molar-refractivity contribution in [3.8, 4) is 0 Å². The summed E-state index contributed by atoms with van der Waals surface area (Å²) >= 11 is 5.61. The highest BCUT2D eigenvalue weighted by Crippen LogP contribution is 2.21. The van der Waals surface area contributed by atoms with Gasteiger partial charge in [0.15, 0.2) is 0 Å². The van der Waals surface area contributed by atoms with Crippen LogP contribution < -0.4 is 4.90 Å². The predicted octanol–water partition coefficient (Wildman–Crippen LogP) is 2.50. The van der Waals surface area contributed by atoms with Crippen LogP contribution in [-0.4, -0.2) is 19.4 Å². The zero-order chi connectivity index (χ0) is 10.7. The Morgan fingerprint density at radius 1 is 1.57 bits per heavy atom. The Morgan fingerprint density at radius 2 is 2.21 bits per heavy atom. The number of hydrogen-bond donors (Lipinski definition) is 0. The summed E-state index contributed by atoms with van der Waals surface area (Å²) in [6.45, 7) is 1.80. The van der Waals surface area contributed by atoms with E-state index in [-0.39, 0.29) is 10.8 Å². The number of ketones is 1. The number of hydrogen-bond acceptors (Lipinski definition) is 2. The molecule has 0 unspecified atom stereocenters.